The Morgan fingerprint density at radius 1 is 1.42 bits per heavy atom. The number of likely N-dealkylation sites (tertiary alicyclic amines) is 1. The number of likely N-dealkylation sites (N-methyl/N-ethyl adjacent to an activating group) is 1. The maximum Gasteiger partial charge on any atom is 0.246 e. The van der Waals surface area contributed by atoms with Crippen molar-refractivity contribution in [2.45, 2.75) is 19.0 Å². The lowest BCUT2D eigenvalue weighted by Crippen LogP contribution is -2.37. The van der Waals surface area contributed by atoms with Crippen molar-refractivity contribution in [3.05, 3.63) is 33.8 Å². The second-order valence-electron chi connectivity index (χ2n) is 4.25. The van der Waals surface area contributed by atoms with E-state index in [2.05, 4.69) is 21.2 Å². The smallest absolute Gasteiger partial charge is 0.246 e. The third kappa shape index (κ3) is 2.66. The summed E-state index contributed by atoms with van der Waals surface area (Å²) in [5, 5.41) is 2.70. The van der Waals surface area contributed by atoms with E-state index in [1.54, 1.807) is 0 Å². The standard InChI is InChI=1S/C12H11BrF2N2O2/c1-17-10(18)4-9(12(17)19)16-5-6-8(14)3-2-7(13)11(6)15/h2-3,9,16H,4-5H2,1H3. The van der Waals surface area contributed by atoms with E-state index in [1.807, 2.05) is 0 Å². The normalized spacial score (nSPS) is 19.4. The van der Waals surface area contributed by atoms with Crippen molar-refractivity contribution < 1.29 is 18.4 Å². The molecule has 1 aromatic rings. The highest BCUT2D eigenvalue weighted by Crippen LogP contribution is 2.22. The van der Waals surface area contributed by atoms with Crippen LogP contribution in [0.4, 0.5) is 8.78 Å². The van der Waals surface area contributed by atoms with Gasteiger partial charge < -0.3 is 5.32 Å². The maximum atomic E-state index is 13.7. The molecule has 1 heterocycles. The third-order valence-electron chi connectivity index (χ3n) is 3.05. The van der Waals surface area contributed by atoms with Gasteiger partial charge in [-0.3, -0.25) is 14.5 Å². The Morgan fingerprint density at radius 2 is 2.11 bits per heavy atom. The summed E-state index contributed by atoms with van der Waals surface area (Å²) in [4.78, 5) is 23.9. The van der Waals surface area contributed by atoms with Crippen molar-refractivity contribution >= 4 is 27.7 Å². The fourth-order valence-electron chi connectivity index (χ4n) is 1.87. The van der Waals surface area contributed by atoms with Crippen LogP contribution in [0.1, 0.15) is 12.0 Å². The molecule has 1 aliphatic heterocycles. The first-order valence-corrected chi connectivity index (χ1v) is 6.37. The van der Waals surface area contributed by atoms with Gasteiger partial charge in [-0.2, -0.15) is 0 Å². The minimum absolute atomic E-state index is 0.00652. The minimum atomic E-state index is -0.727. The van der Waals surface area contributed by atoms with Gasteiger partial charge in [-0.05, 0) is 28.1 Å². The van der Waals surface area contributed by atoms with Crippen LogP contribution in [0, 0.1) is 11.6 Å². The SMILES string of the molecule is CN1C(=O)CC(NCc2c(F)ccc(Br)c2F)C1=O. The molecule has 19 heavy (non-hydrogen) atoms. The first-order valence-electron chi connectivity index (χ1n) is 5.58. The quantitative estimate of drug-likeness (QED) is 0.675. The second kappa shape index (κ2) is 5.34. The number of nitrogens with one attached hydrogen (secondary N) is 1. The van der Waals surface area contributed by atoms with Crippen molar-refractivity contribution in [2.75, 3.05) is 7.05 Å². The largest absolute Gasteiger partial charge is 0.301 e. The molecule has 1 aromatic carbocycles. The number of halogens is 3. The Bertz CT molecular complexity index is 551. The van der Waals surface area contributed by atoms with E-state index in [-0.39, 0.29) is 34.8 Å². The van der Waals surface area contributed by atoms with Gasteiger partial charge in [-0.15, -0.1) is 0 Å². The summed E-state index contributed by atoms with van der Waals surface area (Å²) in [6.07, 6.45) is 0.00652. The van der Waals surface area contributed by atoms with Crippen molar-refractivity contribution in [3.63, 3.8) is 0 Å². The monoisotopic (exact) mass is 332 g/mol. The van der Waals surface area contributed by atoms with Gasteiger partial charge in [0.05, 0.1) is 16.9 Å². The van der Waals surface area contributed by atoms with Gasteiger partial charge in [0, 0.05) is 19.2 Å². The summed E-state index contributed by atoms with van der Waals surface area (Å²) < 4.78 is 27.3. The molecule has 0 spiro atoms. The molecule has 0 aromatic heterocycles. The number of imide groups is 1. The molecular weight excluding hydrogens is 322 g/mol. The zero-order valence-corrected chi connectivity index (χ0v) is 11.6. The molecule has 1 saturated heterocycles. The highest BCUT2D eigenvalue weighted by Gasteiger charge is 2.35. The molecule has 2 amide bonds. The molecule has 4 nitrogen and oxygen atoms in total. The molecule has 1 atom stereocenters. The number of rotatable bonds is 3. The summed E-state index contributed by atoms with van der Waals surface area (Å²) in [5.41, 5.74) is -0.163. The molecule has 0 bridgehead atoms. The number of carbonyl (C=O) groups is 2. The van der Waals surface area contributed by atoms with Gasteiger partial charge in [-0.25, -0.2) is 8.78 Å². The predicted molar refractivity (Wildman–Crippen MR) is 67.1 cm³/mol. The number of amides is 2. The number of benzene rings is 1. The summed E-state index contributed by atoms with van der Waals surface area (Å²) in [5.74, 6) is -2.10. The fourth-order valence-corrected chi connectivity index (χ4v) is 2.24. The first-order chi connectivity index (χ1) is 8.91. The summed E-state index contributed by atoms with van der Waals surface area (Å²) in [7, 11) is 1.38. The van der Waals surface area contributed by atoms with Gasteiger partial charge in [0.25, 0.3) is 0 Å². The zero-order valence-electron chi connectivity index (χ0n) is 10.0. The fraction of sp³-hybridized carbons (Fsp3) is 0.333. The molecule has 0 saturated carbocycles. The van der Waals surface area contributed by atoms with Crippen molar-refractivity contribution in [2.24, 2.45) is 0 Å². The topological polar surface area (TPSA) is 49.4 Å². The Hall–Kier alpha value is -1.34. The van der Waals surface area contributed by atoms with Crippen LogP contribution in [-0.4, -0.2) is 29.8 Å². The Balaban J connectivity index is 2.10. The lowest BCUT2D eigenvalue weighted by atomic mass is 10.1. The molecule has 0 radical (unpaired) electrons. The molecule has 2 rings (SSSR count). The van der Waals surface area contributed by atoms with Gasteiger partial charge in [-0.1, -0.05) is 0 Å². The van der Waals surface area contributed by atoms with Gasteiger partial charge >= 0.3 is 0 Å². The Morgan fingerprint density at radius 3 is 2.68 bits per heavy atom. The lowest BCUT2D eigenvalue weighted by molar-refractivity contribution is -0.137. The highest BCUT2D eigenvalue weighted by molar-refractivity contribution is 9.10. The van der Waals surface area contributed by atoms with E-state index in [0.29, 0.717) is 0 Å². The van der Waals surface area contributed by atoms with E-state index < -0.39 is 17.7 Å². The van der Waals surface area contributed by atoms with Crippen LogP contribution >= 0.6 is 15.9 Å². The number of hydrogen-bond donors (Lipinski definition) is 1. The first kappa shape index (κ1) is 14.1. The molecule has 1 fully saturated rings. The number of hydrogen-bond acceptors (Lipinski definition) is 3. The highest BCUT2D eigenvalue weighted by atomic mass is 79.9. The van der Waals surface area contributed by atoms with Crippen molar-refractivity contribution in [1.82, 2.24) is 10.2 Å². The van der Waals surface area contributed by atoms with Gasteiger partial charge in [0.1, 0.15) is 11.6 Å². The van der Waals surface area contributed by atoms with Crippen molar-refractivity contribution in [3.8, 4) is 0 Å². The van der Waals surface area contributed by atoms with Crippen LogP contribution in [-0.2, 0) is 16.1 Å². The van der Waals surface area contributed by atoms with Crippen LogP contribution in [0.5, 0.6) is 0 Å². The molecule has 102 valence electrons. The van der Waals surface area contributed by atoms with E-state index in [0.717, 1.165) is 11.0 Å². The summed E-state index contributed by atoms with van der Waals surface area (Å²) in [6.45, 7) is -0.158. The van der Waals surface area contributed by atoms with Crippen molar-refractivity contribution in [1.29, 1.82) is 0 Å². The maximum absolute atomic E-state index is 13.7. The van der Waals surface area contributed by atoms with Crippen LogP contribution in [0.2, 0.25) is 0 Å². The van der Waals surface area contributed by atoms with E-state index in [4.69, 9.17) is 0 Å². The molecule has 0 aliphatic carbocycles. The lowest BCUT2D eigenvalue weighted by Gasteiger charge is -2.12. The number of carbonyl (C=O) groups excluding carboxylic acids is 2. The average Bonchev–Trinajstić information content (AvgIpc) is 2.62. The second-order valence-corrected chi connectivity index (χ2v) is 5.10. The molecule has 1 N–H and O–H groups in total. The third-order valence-corrected chi connectivity index (χ3v) is 3.66. The van der Waals surface area contributed by atoms with Gasteiger partial charge in [0.15, 0.2) is 0 Å². The summed E-state index contributed by atoms with van der Waals surface area (Å²) in [6, 6.07) is 1.68. The van der Waals surface area contributed by atoms with Crippen LogP contribution in [0.3, 0.4) is 0 Å². The van der Waals surface area contributed by atoms with Gasteiger partial charge in [0.2, 0.25) is 11.8 Å². The minimum Gasteiger partial charge on any atom is -0.301 e. The molecule has 1 unspecified atom stereocenters. The predicted octanol–water partition coefficient (Wildman–Crippen LogP) is 1.57. The van der Waals surface area contributed by atoms with E-state index >= 15 is 0 Å². The zero-order chi connectivity index (χ0) is 14.2. The molecule has 1 aliphatic rings. The van der Waals surface area contributed by atoms with Crippen LogP contribution < -0.4 is 5.32 Å². The van der Waals surface area contributed by atoms with Crippen LogP contribution in [0.15, 0.2) is 16.6 Å². The average molecular weight is 333 g/mol. The molecular formula is C12H11BrF2N2O2. The van der Waals surface area contributed by atoms with E-state index in [1.165, 1.54) is 13.1 Å². The van der Waals surface area contributed by atoms with E-state index in [9.17, 15) is 18.4 Å². The Kier molecular flexibility index (Phi) is 3.96. The summed E-state index contributed by atoms with van der Waals surface area (Å²) >= 11 is 2.97. The van der Waals surface area contributed by atoms with Crippen LogP contribution in [0.25, 0.3) is 0 Å². The Labute approximate surface area is 116 Å². The molecule has 7 heteroatoms. The number of nitrogens with zero attached hydrogens (tertiary/aromatic N) is 1.